The van der Waals surface area contributed by atoms with Crippen LogP contribution in [0.25, 0.3) is 0 Å². The van der Waals surface area contributed by atoms with Gasteiger partial charge in [-0.1, -0.05) is 0 Å². The summed E-state index contributed by atoms with van der Waals surface area (Å²) in [7, 11) is 0. The first kappa shape index (κ1) is 16.3. The fourth-order valence-corrected chi connectivity index (χ4v) is 3.90. The van der Waals surface area contributed by atoms with E-state index in [2.05, 4.69) is 30.7 Å². The maximum Gasteiger partial charge on any atom is 0.222 e. The largest absolute Gasteiger partial charge is 0.342 e. The Kier molecular flexibility index (Phi) is 4.83. The molecule has 2 aliphatic heterocycles. The van der Waals surface area contributed by atoms with Gasteiger partial charge in [0.2, 0.25) is 5.91 Å². The molecule has 134 valence electrons. The first-order valence-corrected chi connectivity index (χ1v) is 9.28. The molecular weight excluding hydrogens is 316 g/mol. The zero-order valence-corrected chi connectivity index (χ0v) is 14.6. The lowest BCUT2D eigenvalue weighted by Gasteiger charge is -2.33. The van der Waals surface area contributed by atoms with E-state index in [1.54, 1.807) is 0 Å². The Balaban J connectivity index is 1.29. The highest BCUT2D eigenvalue weighted by Crippen LogP contribution is 2.19. The summed E-state index contributed by atoms with van der Waals surface area (Å²) in [4.78, 5) is 18.8. The van der Waals surface area contributed by atoms with Gasteiger partial charge in [-0.25, -0.2) is 4.98 Å². The molecule has 2 aromatic heterocycles. The summed E-state index contributed by atoms with van der Waals surface area (Å²) in [6.07, 6.45) is 9.24. The Morgan fingerprint density at radius 2 is 2.32 bits per heavy atom. The van der Waals surface area contributed by atoms with Crippen molar-refractivity contribution in [3.63, 3.8) is 0 Å². The molecule has 4 rings (SSSR count). The molecule has 0 aliphatic carbocycles. The molecule has 1 N–H and O–H groups in total. The SMILES string of the molecule is O=C(CCc1cc2n(n1)CCNC2)N1CCCC(Cn2ccnc2)C1. The zero-order valence-electron chi connectivity index (χ0n) is 14.6. The standard InChI is InChI=1S/C18H26N6O/c25-18(4-3-16-10-17-11-19-6-9-24(17)21-16)23-7-1-2-15(13-23)12-22-8-5-20-14-22/h5,8,10,14-15,19H,1-4,6-7,9,11-13H2. The van der Waals surface area contributed by atoms with Crippen LogP contribution < -0.4 is 5.32 Å². The van der Waals surface area contributed by atoms with Crippen LogP contribution in [0.3, 0.4) is 0 Å². The van der Waals surface area contributed by atoms with E-state index in [0.717, 1.165) is 57.8 Å². The number of hydrogen-bond acceptors (Lipinski definition) is 4. The molecule has 0 aromatic carbocycles. The average molecular weight is 342 g/mol. The van der Waals surface area contributed by atoms with Crippen molar-refractivity contribution in [3.05, 3.63) is 36.2 Å². The van der Waals surface area contributed by atoms with Crippen molar-refractivity contribution in [1.29, 1.82) is 0 Å². The lowest BCUT2D eigenvalue weighted by molar-refractivity contribution is -0.133. The Labute approximate surface area is 148 Å². The number of aromatic nitrogens is 4. The van der Waals surface area contributed by atoms with E-state index < -0.39 is 0 Å². The van der Waals surface area contributed by atoms with Gasteiger partial charge in [-0.15, -0.1) is 0 Å². The van der Waals surface area contributed by atoms with E-state index >= 15 is 0 Å². The fraction of sp³-hybridized carbons (Fsp3) is 0.611. The van der Waals surface area contributed by atoms with E-state index in [1.807, 2.05) is 23.6 Å². The molecular formula is C18H26N6O. The van der Waals surface area contributed by atoms with Crippen LogP contribution in [0.5, 0.6) is 0 Å². The molecule has 1 amide bonds. The number of hydrogen-bond donors (Lipinski definition) is 1. The number of piperidine rings is 1. The van der Waals surface area contributed by atoms with Gasteiger partial charge in [0.15, 0.2) is 0 Å². The van der Waals surface area contributed by atoms with Gasteiger partial charge >= 0.3 is 0 Å². The fourth-order valence-electron chi connectivity index (χ4n) is 3.90. The van der Waals surface area contributed by atoms with Gasteiger partial charge in [0.25, 0.3) is 0 Å². The van der Waals surface area contributed by atoms with E-state index in [4.69, 9.17) is 0 Å². The van der Waals surface area contributed by atoms with Crippen molar-refractivity contribution >= 4 is 5.91 Å². The summed E-state index contributed by atoms with van der Waals surface area (Å²) >= 11 is 0. The van der Waals surface area contributed by atoms with Crippen molar-refractivity contribution in [3.8, 4) is 0 Å². The van der Waals surface area contributed by atoms with E-state index in [9.17, 15) is 4.79 Å². The second-order valence-corrected chi connectivity index (χ2v) is 7.13. The number of carbonyl (C=O) groups excluding carboxylic acids is 1. The van der Waals surface area contributed by atoms with Crippen LogP contribution in [0.15, 0.2) is 24.8 Å². The normalized spacial score (nSPS) is 20.5. The van der Waals surface area contributed by atoms with E-state index in [0.29, 0.717) is 12.3 Å². The molecule has 0 radical (unpaired) electrons. The summed E-state index contributed by atoms with van der Waals surface area (Å²) < 4.78 is 4.18. The third-order valence-electron chi connectivity index (χ3n) is 5.22. The second-order valence-electron chi connectivity index (χ2n) is 7.13. The van der Waals surface area contributed by atoms with Crippen LogP contribution in [-0.2, 0) is 30.8 Å². The molecule has 2 aliphatic rings. The topological polar surface area (TPSA) is 68.0 Å². The number of rotatable bonds is 5. The number of likely N-dealkylation sites (tertiary alicyclic amines) is 1. The minimum atomic E-state index is 0.263. The van der Waals surface area contributed by atoms with Crippen molar-refractivity contribution < 1.29 is 4.79 Å². The van der Waals surface area contributed by atoms with Crippen LogP contribution in [0.2, 0.25) is 0 Å². The summed E-state index contributed by atoms with van der Waals surface area (Å²) in [5.74, 6) is 0.789. The molecule has 0 bridgehead atoms. The number of nitrogens with one attached hydrogen (secondary N) is 1. The smallest absolute Gasteiger partial charge is 0.222 e. The molecule has 25 heavy (non-hydrogen) atoms. The Morgan fingerprint density at radius 1 is 1.36 bits per heavy atom. The maximum absolute atomic E-state index is 12.6. The molecule has 1 fully saturated rings. The molecule has 1 atom stereocenters. The third kappa shape index (κ3) is 3.92. The highest BCUT2D eigenvalue weighted by atomic mass is 16.2. The predicted molar refractivity (Wildman–Crippen MR) is 93.8 cm³/mol. The number of carbonyl (C=O) groups is 1. The summed E-state index contributed by atoms with van der Waals surface area (Å²) in [5.41, 5.74) is 2.27. The molecule has 4 heterocycles. The minimum absolute atomic E-state index is 0.263. The maximum atomic E-state index is 12.6. The van der Waals surface area contributed by atoms with Crippen molar-refractivity contribution in [2.75, 3.05) is 19.6 Å². The van der Waals surface area contributed by atoms with E-state index in [-0.39, 0.29) is 5.91 Å². The molecule has 7 nitrogen and oxygen atoms in total. The lowest BCUT2D eigenvalue weighted by atomic mass is 9.97. The molecule has 1 saturated heterocycles. The van der Waals surface area contributed by atoms with Gasteiger partial charge in [-0.3, -0.25) is 9.48 Å². The van der Waals surface area contributed by atoms with Gasteiger partial charge in [-0.2, -0.15) is 5.10 Å². The van der Waals surface area contributed by atoms with Crippen molar-refractivity contribution in [2.24, 2.45) is 5.92 Å². The van der Waals surface area contributed by atoms with Gasteiger partial charge in [0.1, 0.15) is 0 Å². The first-order chi connectivity index (χ1) is 12.3. The number of imidazole rings is 1. The highest BCUT2D eigenvalue weighted by Gasteiger charge is 2.24. The molecule has 7 heteroatoms. The number of fused-ring (bicyclic) bond motifs is 1. The predicted octanol–water partition coefficient (Wildman–Crippen LogP) is 1.05. The minimum Gasteiger partial charge on any atom is -0.342 e. The van der Waals surface area contributed by atoms with Crippen LogP contribution >= 0.6 is 0 Å². The zero-order chi connectivity index (χ0) is 17.1. The van der Waals surface area contributed by atoms with E-state index in [1.165, 1.54) is 12.1 Å². The quantitative estimate of drug-likeness (QED) is 0.882. The number of nitrogens with zero attached hydrogens (tertiary/aromatic N) is 5. The van der Waals surface area contributed by atoms with Crippen LogP contribution in [0, 0.1) is 5.92 Å². The molecule has 0 saturated carbocycles. The Hall–Kier alpha value is -2.15. The third-order valence-corrected chi connectivity index (χ3v) is 5.22. The average Bonchev–Trinajstić information content (AvgIpc) is 3.29. The number of aryl methyl sites for hydroxylation is 1. The van der Waals surface area contributed by atoms with Crippen LogP contribution in [0.4, 0.5) is 0 Å². The van der Waals surface area contributed by atoms with Gasteiger partial charge < -0.3 is 14.8 Å². The summed E-state index contributed by atoms with van der Waals surface area (Å²) in [6.45, 7) is 5.47. The Bertz CT molecular complexity index is 684. The molecule has 2 aromatic rings. The van der Waals surface area contributed by atoms with Crippen LogP contribution in [0.1, 0.15) is 30.7 Å². The second kappa shape index (κ2) is 7.39. The van der Waals surface area contributed by atoms with Crippen molar-refractivity contribution in [2.45, 2.75) is 45.3 Å². The Morgan fingerprint density at radius 3 is 3.16 bits per heavy atom. The van der Waals surface area contributed by atoms with Crippen molar-refractivity contribution in [1.82, 2.24) is 29.5 Å². The summed E-state index contributed by atoms with van der Waals surface area (Å²) in [5, 5.41) is 7.98. The van der Waals surface area contributed by atoms with Crippen LogP contribution in [-0.4, -0.2) is 49.8 Å². The van der Waals surface area contributed by atoms with Gasteiger partial charge in [-0.05, 0) is 24.8 Å². The van der Waals surface area contributed by atoms with Gasteiger partial charge in [0, 0.05) is 58.0 Å². The highest BCUT2D eigenvalue weighted by molar-refractivity contribution is 5.76. The monoisotopic (exact) mass is 342 g/mol. The first-order valence-electron chi connectivity index (χ1n) is 9.28. The summed E-state index contributed by atoms with van der Waals surface area (Å²) in [6, 6.07) is 2.14. The molecule has 1 unspecified atom stereocenters. The number of amides is 1. The lowest BCUT2D eigenvalue weighted by Crippen LogP contribution is -2.41. The molecule has 0 spiro atoms. The van der Waals surface area contributed by atoms with Gasteiger partial charge in [0.05, 0.1) is 24.3 Å².